The van der Waals surface area contributed by atoms with Gasteiger partial charge in [-0.05, 0) is 25.5 Å². The third kappa shape index (κ3) is 3.05. The van der Waals surface area contributed by atoms with Crippen LogP contribution < -0.4 is 0 Å². The minimum absolute atomic E-state index is 0.329. The fourth-order valence-electron chi connectivity index (χ4n) is 1.34. The van der Waals surface area contributed by atoms with Crippen LogP contribution in [-0.2, 0) is 9.53 Å². The number of aryl methyl sites for hydroxylation is 2. The van der Waals surface area contributed by atoms with Crippen molar-refractivity contribution in [2.75, 3.05) is 7.11 Å². The summed E-state index contributed by atoms with van der Waals surface area (Å²) in [6.45, 7) is 4.06. The molecular formula is C12H14O2. The molecule has 0 aliphatic heterocycles. The molecule has 1 rings (SSSR count). The quantitative estimate of drug-likeness (QED) is 0.529. The number of carbonyl (C=O) groups excluding carboxylic acids is 1. The fraction of sp³-hybridized carbons (Fsp3) is 0.250. The van der Waals surface area contributed by atoms with E-state index >= 15 is 0 Å². The van der Waals surface area contributed by atoms with Crippen molar-refractivity contribution in [2.24, 2.45) is 0 Å². The molecule has 0 aliphatic carbocycles. The van der Waals surface area contributed by atoms with Gasteiger partial charge in [0.1, 0.15) is 0 Å². The van der Waals surface area contributed by atoms with Crippen molar-refractivity contribution in [1.82, 2.24) is 0 Å². The van der Waals surface area contributed by atoms with Crippen LogP contribution in [0.3, 0.4) is 0 Å². The van der Waals surface area contributed by atoms with E-state index in [4.69, 9.17) is 0 Å². The molecule has 0 radical (unpaired) electrons. The summed E-state index contributed by atoms with van der Waals surface area (Å²) in [6.07, 6.45) is 3.18. The molecule has 0 saturated carbocycles. The number of esters is 1. The van der Waals surface area contributed by atoms with E-state index in [1.54, 1.807) is 6.08 Å². The van der Waals surface area contributed by atoms with Gasteiger partial charge in [0.25, 0.3) is 0 Å². The summed E-state index contributed by atoms with van der Waals surface area (Å²) in [5.74, 6) is -0.329. The van der Waals surface area contributed by atoms with Gasteiger partial charge in [0.2, 0.25) is 0 Å². The molecule has 0 spiro atoms. The van der Waals surface area contributed by atoms with Gasteiger partial charge in [-0.25, -0.2) is 4.79 Å². The van der Waals surface area contributed by atoms with E-state index in [-0.39, 0.29) is 5.97 Å². The molecule has 0 bridgehead atoms. The summed E-state index contributed by atoms with van der Waals surface area (Å²) >= 11 is 0. The van der Waals surface area contributed by atoms with E-state index in [1.807, 2.05) is 26.0 Å². The third-order valence-corrected chi connectivity index (χ3v) is 1.86. The van der Waals surface area contributed by atoms with Gasteiger partial charge in [-0.3, -0.25) is 0 Å². The monoisotopic (exact) mass is 190 g/mol. The van der Waals surface area contributed by atoms with Gasteiger partial charge in [0.15, 0.2) is 0 Å². The lowest BCUT2D eigenvalue weighted by Gasteiger charge is -1.99. The van der Waals surface area contributed by atoms with Crippen LogP contribution in [0.2, 0.25) is 0 Å². The lowest BCUT2D eigenvalue weighted by Crippen LogP contribution is -1.93. The van der Waals surface area contributed by atoms with Crippen LogP contribution in [0.1, 0.15) is 16.7 Å². The minimum atomic E-state index is -0.329. The summed E-state index contributed by atoms with van der Waals surface area (Å²) in [7, 11) is 1.37. The second-order valence-electron chi connectivity index (χ2n) is 3.28. The number of rotatable bonds is 2. The molecule has 0 N–H and O–H groups in total. The zero-order valence-corrected chi connectivity index (χ0v) is 8.70. The number of methoxy groups -OCH3 is 1. The number of hydrogen-bond donors (Lipinski definition) is 0. The second kappa shape index (κ2) is 4.61. The van der Waals surface area contributed by atoms with Gasteiger partial charge in [-0.1, -0.05) is 29.3 Å². The molecule has 2 nitrogen and oxygen atoms in total. The van der Waals surface area contributed by atoms with E-state index < -0.39 is 0 Å². The Labute approximate surface area is 84.2 Å². The highest BCUT2D eigenvalue weighted by Crippen LogP contribution is 2.10. The van der Waals surface area contributed by atoms with Crippen LogP contribution in [0.5, 0.6) is 0 Å². The summed E-state index contributed by atoms with van der Waals surface area (Å²) in [5.41, 5.74) is 3.40. The number of ether oxygens (including phenoxy) is 1. The van der Waals surface area contributed by atoms with E-state index in [0.717, 1.165) is 5.56 Å². The summed E-state index contributed by atoms with van der Waals surface area (Å²) in [5, 5.41) is 0. The normalized spacial score (nSPS) is 10.5. The van der Waals surface area contributed by atoms with Crippen molar-refractivity contribution in [3.63, 3.8) is 0 Å². The van der Waals surface area contributed by atoms with Crippen LogP contribution in [0.4, 0.5) is 0 Å². The average Bonchev–Trinajstić information content (AvgIpc) is 2.12. The molecule has 0 fully saturated rings. The lowest BCUT2D eigenvalue weighted by atomic mass is 10.1. The Bertz CT molecular complexity index is 344. The molecule has 14 heavy (non-hydrogen) atoms. The highest BCUT2D eigenvalue weighted by Gasteiger charge is 1.94. The van der Waals surface area contributed by atoms with Crippen LogP contribution in [0, 0.1) is 13.8 Å². The first kappa shape index (κ1) is 10.5. The van der Waals surface area contributed by atoms with E-state index in [2.05, 4.69) is 10.8 Å². The van der Waals surface area contributed by atoms with Crippen LogP contribution in [0.15, 0.2) is 24.3 Å². The topological polar surface area (TPSA) is 26.3 Å². The van der Waals surface area contributed by atoms with Crippen molar-refractivity contribution in [1.29, 1.82) is 0 Å². The molecule has 2 heteroatoms. The Hall–Kier alpha value is -1.57. The van der Waals surface area contributed by atoms with Gasteiger partial charge < -0.3 is 4.74 Å². The standard InChI is InChI=1S/C12H14O2/c1-9-6-10(2)8-11(7-9)4-5-12(13)14-3/h4-8H,1-3H3/b5-4+. The third-order valence-electron chi connectivity index (χ3n) is 1.86. The summed E-state index contributed by atoms with van der Waals surface area (Å²) in [4.78, 5) is 10.8. The molecule has 0 aliphatic rings. The van der Waals surface area contributed by atoms with Gasteiger partial charge in [-0.15, -0.1) is 0 Å². The van der Waals surface area contributed by atoms with Gasteiger partial charge >= 0.3 is 5.97 Å². The molecule has 0 unspecified atom stereocenters. The SMILES string of the molecule is COC(=O)/C=C/c1cc(C)cc(C)c1. The summed E-state index contributed by atoms with van der Waals surface area (Å²) < 4.78 is 4.51. The van der Waals surface area contributed by atoms with Gasteiger partial charge in [-0.2, -0.15) is 0 Å². The Morgan fingerprint density at radius 3 is 2.29 bits per heavy atom. The smallest absolute Gasteiger partial charge is 0.330 e. The Kier molecular flexibility index (Phi) is 3.46. The Morgan fingerprint density at radius 2 is 1.79 bits per heavy atom. The van der Waals surface area contributed by atoms with Gasteiger partial charge in [0.05, 0.1) is 7.11 Å². The Morgan fingerprint density at radius 1 is 1.21 bits per heavy atom. The number of benzene rings is 1. The van der Waals surface area contributed by atoms with E-state index in [0.29, 0.717) is 0 Å². The molecule has 0 amide bonds. The highest BCUT2D eigenvalue weighted by atomic mass is 16.5. The molecule has 0 saturated heterocycles. The zero-order chi connectivity index (χ0) is 10.6. The maximum atomic E-state index is 10.8. The molecule has 0 atom stereocenters. The highest BCUT2D eigenvalue weighted by molar-refractivity contribution is 5.86. The molecule has 1 aromatic rings. The van der Waals surface area contributed by atoms with Crippen LogP contribution >= 0.6 is 0 Å². The summed E-state index contributed by atoms with van der Waals surface area (Å²) in [6, 6.07) is 6.13. The van der Waals surface area contributed by atoms with Crippen molar-refractivity contribution in [2.45, 2.75) is 13.8 Å². The fourth-order valence-corrected chi connectivity index (χ4v) is 1.34. The average molecular weight is 190 g/mol. The maximum absolute atomic E-state index is 10.8. The van der Waals surface area contributed by atoms with Crippen LogP contribution in [0.25, 0.3) is 6.08 Å². The first-order valence-corrected chi connectivity index (χ1v) is 4.46. The van der Waals surface area contributed by atoms with Crippen molar-refractivity contribution in [3.05, 3.63) is 41.0 Å². The predicted molar refractivity (Wildman–Crippen MR) is 57.0 cm³/mol. The molecule has 1 aromatic carbocycles. The Balaban J connectivity index is 2.86. The molecular weight excluding hydrogens is 176 g/mol. The van der Waals surface area contributed by atoms with Crippen LogP contribution in [-0.4, -0.2) is 13.1 Å². The van der Waals surface area contributed by atoms with E-state index in [9.17, 15) is 4.79 Å². The first-order valence-electron chi connectivity index (χ1n) is 4.46. The van der Waals surface area contributed by atoms with E-state index in [1.165, 1.54) is 24.3 Å². The minimum Gasteiger partial charge on any atom is -0.466 e. The molecule has 74 valence electrons. The van der Waals surface area contributed by atoms with Crippen molar-refractivity contribution in [3.8, 4) is 0 Å². The second-order valence-corrected chi connectivity index (χ2v) is 3.28. The number of carbonyl (C=O) groups is 1. The first-order chi connectivity index (χ1) is 6.61. The molecule has 0 aromatic heterocycles. The maximum Gasteiger partial charge on any atom is 0.330 e. The molecule has 0 heterocycles. The van der Waals surface area contributed by atoms with Crippen molar-refractivity contribution < 1.29 is 9.53 Å². The predicted octanol–water partition coefficient (Wildman–Crippen LogP) is 2.49. The van der Waals surface area contributed by atoms with Crippen molar-refractivity contribution >= 4 is 12.0 Å². The number of hydrogen-bond acceptors (Lipinski definition) is 2. The largest absolute Gasteiger partial charge is 0.466 e. The van der Waals surface area contributed by atoms with Gasteiger partial charge in [0, 0.05) is 6.08 Å². The zero-order valence-electron chi connectivity index (χ0n) is 8.70. The lowest BCUT2D eigenvalue weighted by molar-refractivity contribution is -0.134.